The fourth-order valence-corrected chi connectivity index (χ4v) is 4.71. The Morgan fingerprint density at radius 2 is 1.76 bits per heavy atom. The molecule has 1 aliphatic heterocycles. The van der Waals surface area contributed by atoms with Gasteiger partial charge in [-0.1, -0.05) is 17.7 Å². The summed E-state index contributed by atoms with van der Waals surface area (Å²) in [5.74, 6) is 0.510. The molecule has 0 spiro atoms. The van der Waals surface area contributed by atoms with Crippen LogP contribution in [0.1, 0.15) is 11.5 Å². The van der Waals surface area contributed by atoms with Crippen LogP contribution >= 0.6 is 0 Å². The third-order valence-corrected chi connectivity index (χ3v) is 6.79. The second-order valence-electron chi connectivity index (χ2n) is 7.00. The summed E-state index contributed by atoms with van der Waals surface area (Å²) in [6.07, 6.45) is 0. The summed E-state index contributed by atoms with van der Waals surface area (Å²) < 4.78 is 45.7. The Balaban J connectivity index is 1.37. The molecule has 0 radical (unpaired) electrons. The number of nitrogens with zero attached hydrogens (tertiary/aromatic N) is 4. The van der Waals surface area contributed by atoms with Gasteiger partial charge in [0.05, 0.1) is 11.4 Å². The Hall–Kier alpha value is -2.62. The molecule has 3 aromatic rings. The van der Waals surface area contributed by atoms with Crippen LogP contribution in [0.15, 0.2) is 57.8 Å². The molecule has 0 aliphatic carbocycles. The molecule has 1 saturated heterocycles. The maximum Gasteiger partial charge on any atom is 0.247 e. The van der Waals surface area contributed by atoms with E-state index in [4.69, 9.17) is 4.42 Å². The minimum atomic E-state index is -3.62. The Labute approximate surface area is 168 Å². The lowest BCUT2D eigenvalue weighted by molar-refractivity contribution is 0.168. The van der Waals surface area contributed by atoms with Gasteiger partial charge in [-0.2, -0.15) is 4.31 Å². The lowest BCUT2D eigenvalue weighted by atomic mass is 10.1. The van der Waals surface area contributed by atoms with E-state index in [0.717, 1.165) is 23.3 Å². The zero-order valence-electron chi connectivity index (χ0n) is 16.0. The lowest BCUT2D eigenvalue weighted by Gasteiger charge is -2.33. The molecule has 0 amide bonds. The van der Waals surface area contributed by atoms with Gasteiger partial charge in [0, 0.05) is 31.7 Å². The molecule has 152 valence electrons. The standard InChI is InChI=1S/C20H21FN4O3S/c1-15-3-2-4-16(13-15)20-23-22-19(28-20)14-24-9-11-25(12-10-24)29(26,27)18-7-5-17(21)6-8-18/h2-8,13H,9-12,14H2,1H3. The highest BCUT2D eigenvalue weighted by atomic mass is 32.2. The number of aromatic nitrogens is 2. The maximum absolute atomic E-state index is 13.1. The van der Waals surface area contributed by atoms with Crippen LogP contribution in [0.25, 0.3) is 11.5 Å². The molecule has 2 aromatic carbocycles. The van der Waals surface area contributed by atoms with E-state index >= 15 is 0 Å². The Morgan fingerprint density at radius 1 is 1.03 bits per heavy atom. The second-order valence-corrected chi connectivity index (χ2v) is 8.94. The molecule has 0 atom stereocenters. The van der Waals surface area contributed by atoms with Gasteiger partial charge in [0.1, 0.15) is 5.82 Å². The molecule has 2 heterocycles. The molecule has 7 nitrogen and oxygen atoms in total. The smallest absolute Gasteiger partial charge is 0.247 e. The van der Waals surface area contributed by atoms with Crippen molar-refractivity contribution < 1.29 is 17.2 Å². The zero-order valence-corrected chi connectivity index (χ0v) is 16.8. The van der Waals surface area contributed by atoms with Crippen molar-refractivity contribution >= 4 is 10.0 Å². The SMILES string of the molecule is Cc1cccc(-c2nnc(CN3CCN(S(=O)(=O)c4ccc(F)cc4)CC3)o2)c1. The van der Waals surface area contributed by atoms with Gasteiger partial charge in [0.2, 0.25) is 21.8 Å². The minimum absolute atomic E-state index is 0.104. The average Bonchev–Trinajstić information content (AvgIpc) is 3.17. The number of benzene rings is 2. The number of sulfonamides is 1. The van der Waals surface area contributed by atoms with Crippen molar-refractivity contribution in [1.82, 2.24) is 19.4 Å². The summed E-state index contributed by atoms with van der Waals surface area (Å²) in [6, 6.07) is 12.7. The fraction of sp³-hybridized carbons (Fsp3) is 0.300. The van der Waals surface area contributed by atoms with E-state index < -0.39 is 15.8 Å². The fourth-order valence-electron chi connectivity index (χ4n) is 3.29. The van der Waals surface area contributed by atoms with E-state index in [2.05, 4.69) is 15.1 Å². The van der Waals surface area contributed by atoms with Gasteiger partial charge in [0.15, 0.2) is 0 Å². The molecule has 0 saturated carbocycles. The number of hydrogen-bond acceptors (Lipinski definition) is 6. The van der Waals surface area contributed by atoms with Gasteiger partial charge in [-0.15, -0.1) is 10.2 Å². The van der Waals surface area contributed by atoms with E-state index in [9.17, 15) is 12.8 Å². The zero-order chi connectivity index (χ0) is 20.4. The molecule has 9 heteroatoms. The number of aryl methyl sites for hydroxylation is 1. The summed E-state index contributed by atoms with van der Waals surface area (Å²) in [5.41, 5.74) is 1.99. The number of rotatable bonds is 5. The van der Waals surface area contributed by atoms with Crippen LogP contribution in [0.2, 0.25) is 0 Å². The van der Waals surface area contributed by atoms with Crippen molar-refractivity contribution in [1.29, 1.82) is 0 Å². The Morgan fingerprint density at radius 3 is 2.45 bits per heavy atom. The molecule has 0 N–H and O–H groups in total. The predicted octanol–water partition coefficient (Wildman–Crippen LogP) is 2.69. The van der Waals surface area contributed by atoms with E-state index in [1.807, 2.05) is 31.2 Å². The van der Waals surface area contributed by atoms with Crippen LogP contribution in [-0.2, 0) is 16.6 Å². The van der Waals surface area contributed by atoms with E-state index in [-0.39, 0.29) is 4.90 Å². The predicted molar refractivity (Wildman–Crippen MR) is 105 cm³/mol. The van der Waals surface area contributed by atoms with Crippen molar-refractivity contribution in [3.05, 3.63) is 65.8 Å². The molecular formula is C20H21FN4O3S. The molecule has 1 aromatic heterocycles. The van der Waals surface area contributed by atoms with Gasteiger partial charge in [-0.05, 0) is 43.3 Å². The van der Waals surface area contributed by atoms with Crippen LogP contribution in [0.5, 0.6) is 0 Å². The van der Waals surface area contributed by atoms with Crippen LogP contribution in [0.4, 0.5) is 4.39 Å². The highest BCUT2D eigenvalue weighted by Gasteiger charge is 2.29. The Kier molecular flexibility index (Phi) is 5.44. The van der Waals surface area contributed by atoms with E-state index in [0.29, 0.717) is 44.5 Å². The van der Waals surface area contributed by atoms with Gasteiger partial charge in [-0.25, -0.2) is 12.8 Å². The van der Waals surface area contributed by atoms with Crippen LogP contribution < -0.4 is 0 Å². The molecule has 29 heavy (non-hydrogen) atoms. The minimum Gasteiger partial charge on any atom is -0.419 e. The van der Waals surface area contributed by atoms with Crippen molar-refractivity contribution in [3.8, 4) is 11.5 Å². The average molecular weight is 416 g/mol. The number of hydrogen-bond donors (Lipinski definition) is 0. The van der Waals surface area contributed by atoms with Gasteiger partial charge in [0.25, 0.3) is 0 Å². The summed E-state index contributed by atoms with van der Waals surface area (Å²) >= 11 is 0. The molecular weight excluding hydrogens is 395 g/mol. The Bertz CT molecular complexity index is 1090. The summed E-state index contributed by atoms with van der Waals surface area (Å²) in [7, 11) is -3.62. The number of halogens is 1. The van der Waals surface area contributed by atoms with Crippen molar-refractivity contribution in [2.75, 3.05) is 26.2 Å². The third-order valence-electron chi connectivity index (χ3n) is 4.87. The topological polar surface area (TPSA) is 79.5 Å². The first-order chi connectivity index (χ1) is 13.9. The molecule has 1 aliphatic rings. The van der Waals surface area contributed by atoms with E-state index in [1.165, 1.54) is 16.4 Å². The lowest BCUT2D eigenvalue weighted by Crippen LogP contribution is -2.48. The van der Waals surface area contributed by atoms with Gasteiger partial charge >= 0.3 is 0 Å². The normalized spacial score (nSPS) is 16.2. The maximum atomic E-state index is 13.1. The first-order valence-electron chi connectivity index (χ1n) is 9.29. The summed E-state index contributed by atoms with van der Waals surface area (Å²) in [5, 5.41) is 8.23. The van der Waals surface area contributed by atoms with Gasteiger partial charge in [-0.3, -0.25) is 4.90 Å². The molecule has 4 rings (SSSR count). The highest BCUT2D eigenvalue weighted by molar-refractivity contribution is 7.89. The third kappa shape index (κ3) is 4.36. The van der Waals surface area contributed by atoms with Crippen LogP contribution in [0, 0.1) is 12.7 Å². The molecule has 1 fully saturated rings. The van der Waals surface area contributed by atoms with Crippen molar-refractivity contribution in [2.24, 2.45) is 0 Å². The van der Waals surface area contributed by atoms with Gasteiger partial charge < -0.3 is 4.42 Å². The quantitative estimate of drug-likeness (QED) is 0.636. The van der Waals surface area contributed by atoms with E-state index in [1.54, 1.807) is 0 Å². The monoisotopic (exact) mass is 416 g/mol. The largest absolute Gasteiger partial charge is 0.419 e. The van der Waals surface area contributed by atoms with Crippen molar-refractivity contribution in [3.63, 3.8) is 0 Å². The summed E-state index contributed by atoms with van der Waals surface area (Å²) in [6.45, 7) is 4.24. The molecule has 0 bridgehead atoms. The van der Waals surface area contributed by atoms with Crippen molar-refractivity contribution in [2.45, 2.75) is 18.4 Å². The van der Waals surface area contributed by atoms with Crippen LogP contribution in [0.3, 0.4) is 0 Å². The highest BCUT2D eigenvalue weighted by Crippen LogP contribution is 2.21. The first-order valence-corrected chi connectivity index (χ1v) is 10.7. The first kappa shape index (κ1) is 19.7. The number of piperazine rings is 1. The van der Waals surface area contributed by atoms with Crippen LogP contribution in [-0.4, -0.2) is 54.0 Å². The summed E-state index contributed by atoms with van der Waals surface area (Å²) in [4.78, 5) is 2.18. The second kappa shape index (κ2) is 8.02. The molecule has 0 unspecified atom stereocenters.